The SMILES string of the molecule is OC(NC[C@H]1C[C@H](c2c(-c3ccc(F)cc3)[nH]c3c(F)cc(F)cc32)C1)c1ncccn1. The van der Waals surface area contributed by atoms with Crippen LogP contribution in [0.15, 0.2) is 54.9 Å². The summed E-state index contributed by atoms with van der Waals surface area (Å²) in [4.78, 5) is 11.2. The topological polar surface area (TPSA) is 73.8 Å². The van der Waals surface area contributed by atoms with Crippen LogP contribution < -0.4 is 5.32 Å². The van der Waals surface area contributed by atoms with Gasteiger partial charge >= 0.3 is 0 Å². The molecule has 1 fully saturated rings. The number of aliphatic hydroxyl groups excluding tert-OH is 1. The first-order valence-electron chi connectivity index (χ1n) is 10.4. The first kappa shape index (κ1) is 20.7. The van der Waals surface area contributed by atoms with Crippen LogP contribution in [0.2, 0.25) is 0 Å². The average molecular weight is 438 g/mol. The highest BCUT2D eigenvalue weighted by atomic mass is 19.1. The Balaban J connectivity index is 1.38. The molecule has 0 radical (unpaired) electrons. The van der Waals surface area contributed by atoms with E-state index in [1.54, 1.807) is 30.6 Å². The molecule has 3 N–H and O–H groups in total. The maximum atomic E-state index is 14.5. The quantitative estimate of drug-likeness (QED) is 0.378. The Morgan fingerprint density at radius 2 is 1.75 bits per heavy atom. The molecule has 0 spiro atoms. The van der Waals surface area contributed by atoms with Gasteiger partial charge in [0.05, 0.1) is 11.2 Å². The Kier molecular flexibility index (Phi) is 5.40. The van der Waals surface area contributed by atoms with E-state index in [0.29, 0.717) is 23.4 Å². The Morgan fingerprint density at radius 3 is 2.47 bits per heavy atom. The van der Waals surface area contributed by atoms with Crippen LogP contribution >= 0.6 is 0 Å². The number of H-pyrrole nitrogens is 1. The zero-order valence-corrected chi connectivity index (χ0v) is 17.0. The molecule has 5 nitrogen and oxygen atoms in total. The number of benzene rings is 2. The molecule has 2 heterocycles. The Bertz CT molecular complexity index is 1240. The predicted molar refractivity (Wildman–Crippen MR) is 114 cm³/mol. The van der Waals surface area contributed by atoms with Crippen molar-refractivity contribution >= 4 is 10.9 Å². The lowest BCUT2D eigenvalue weighted by Crippen LogP contribution is -2.34. The molecule has 8 heteroatoms. The molecule has 2 aromatic carbocycles. The van der Waals surface area contributed by atoms with Crippen molar-refractivity contribution < 1.29 is 18.3 Å². The van der Waals surface area contributed by atoms with Gasteiger partial charge in [0.1, 0.15) is 17.5 Å². The van der Waals surface area contributed by atoms with Crippen LogP contribution in [0.1, 0.15) is 36.4 Å². The van der Waals surface area contributed by atoms with Gasteiger partial charge in [0.2, 0.25) is 0 Å². The normalized spacial score (nSPS) is 19.1. The van der Waals surface area contributed by atoms with Gasteiger partial charge < -0.3 is 10.1 Å². The number of nitrogens with zero attached hydrogens (tertiary/aromatic N) is 2. The molecule has 164 valence electrons. The minimum atomic E-state index is -0.957. The maximum absolute atomic E-state index is 14.5. The zero-order valence-electron chi connectivity index (χ0n) is 17.0. The van der Waals surface area contributed by atoms with Gasteiger partial charge in [-0.1, -0.05) is 0 Å². The molecule has 4 aromatic rings. The summed E-state index contributed by atoms with van der Waals surface area (Å²) in [5, 5.41) is 13.7. The molecule has 0 saturated heterocycles. The van der Waals surface area contributed by atoms with E-state index in [-0.39, 0.29) is 23.2 Å². The fraction of sp³-hybridized carbons (Fsp3) is 0.250. The summed E-state index contributed by atoms with van der Waals surface area (Å²) < 4.78 is 41.9. The fourth-order valence-corrected chi connectivity index (χ4v) is 4.47. The van der Waals surface area contributed by atoms with E-state index in [9.17, 15) is 18.3 Å². The van der Waals surface area contributed by atoms with Crippen LogP contribution in [-0.2, 0) is 0 Å². The summed E-state index contributed by atoms with van der Waals surface area (Å²) >= 11 is 0. The zero-order chi connectivity index (χ0) is 22.2. The minimum Gasteiger partial charge on any atom is -0.371 e. The van der Waals surface area contributed by atoms with Crippen LogP contribution in [0.4, 0.5) is 13.2 Å². The van der Waals surface area contributed by atoms with Crippen molar-refractivity contribution in [3.05, 3.63) is 83.7 Å². The number of nitrogens with one attached hydrogen (secondary N) is 2. The van der Waals surface area contributed by atoms with Gasteiger partial charge in [-0.2, -0.15) is 0 Å². The van der Waals surface area contributed by atoms with E-state index in [1.165, 1.54) is 18.2 Å². The standard InChI is InChI=1S/C24H21F3N4O/c25-16-4-2-14(3-5-16)21-20(18-10-17(26)11-19(27)22(18)31-21)15-8-13(9-15)12-30-24(32)23-28-6-1-7-29-23/h1-7,10-11,13,15,24,30-32H,8-9,12H2/t13-,15-,24?. The van der Waals surface area contributed by atoms with Gasteiger partial charge in [-0.15, -0.1) is 0 Å². The molecule has 2 aromatic heterocycles. The predicted octanol–water partition coefficient (Wildman–Crippen LogP) is 4.82. The second kappa shape index (κ2) is 8.37. The van der Waals surface area contributed by atoms with Crippen molar-refractivity contribution in [1.82, 2.24) is 20.3 Å². The van der Waals surface area contributed by atoms with Crippen LogP contribution in [0.25, 0.3) is 22.2 Å². The van der Waals surface area contributed by atoms with E-state index in [2.05, 4.69) is 20.3 Å². The molecule has 0 aliphatic heterocycles. The van der Waals surface area contributed by atoms with Gasteiger partial charge in [-0.05, 0) is 72.2 Å². The summed E-state index contributed by atoms with van der Waals surface area (Å²) in [5.41, 5.74) is 2.49. The van der Waals surface area contributed by atoms with Crippen LogP contribution in [0, 0.1) is 23.4 Å². The van der Waals surface area contributed by atoms with E-state index in [4.69, 9.17) is 0 Å². The van der Waals surface area contributed by atoms with Crippen molar-refractivity contribution in [3.63, 3.8) is 0 Å². The number of aliphatic hydroxyl groups is 1. The average Bonchev–Trinajstić information content (AvgIpc) is 3.13. The molecule has 5 rings (SSSR count). The van der Waals surface area contributed by atoms with Crippen LogP contribution in [0.5, 0.6) is 0 Å². The molecule has 1 aliphatic rings. The van der Waals surface area contributed by atoms with Gasteiger partial charge in [-0.3, -0.25) is 5.32 Å². The van der Waals surface area contributed by atoms with Crippen molar-refractivity contribution in [2.45, 2.75) is 25.0 Å². The van der Waals surface area contributed by atoms with E-state index >= 15 is 0 Å². The summed E-state index contributed by atoms with van der Waals surface area (Å²) in [5.74, 6) is -0.976. The van der Waals surface area contributed by atoms with Crippen LogP contribution in [-0.4, -0.2) is 26.6 Å². The van der Waals surface area contributed by atoms with Crippen molar-refractivity contribution in [1.29, 1.82) is 0 Å². The Morgan fingerprint density at radius 1 is 1.03 bits per heavy atom. The first-order chi connectivity index (χ1) is 15.5. The monoisotopic (exact) mass is 438 g/mol. The third-order valence-electron chi connectivity index (χ3n) is 6.07. The first-order valence-corrected chi connectivity index (χ1v) is 10.4. The minimum absolute atomic E-state index is 0.0851. The number of aromatic nitrogens is 3. The maximum Gasteiger partial charge on any atom is 0.172 e. The molecule has 1 atom stereocenters. The Labute approximate surface area is 182 Å². The number of hydrogen-bond acceptors (Lipinski definition) is 4. The number of halogens is 3. The van der Waals surface area contributed by atoms with Crippen molar-refractivity contribution in [2.24, 2.45) is 5.92 Å². The van der Waals surface area contributed by atoms with Crippen LogP contribution in [0.3, 0.4) is 0 Å². The van der Waals surface area contributed by atoms with E-state index in [0.717, 1.165) is 30.0 Å². The second-order valence-corrected chi connectivity index (χ2v) is 8.18. The van der Waals surface area contributed by atoms with Gasteiger partial charge in [0.15, 0.2) is 12.1 Å². The number of fused-ring (bicyclic) bond motifs is 1. The lowest BCUT2D eigenvalue weighted by molar-refractivity contribution is 0.111. The van der Waals surface area contributed by atoms with Gasteiger partial charge in [0, 0.05) is 30.4 Å². The number of rotatable bonds is 6. The van der Waals surface area contributed by atoms with E-state index < -0.39 is 17.9 Å². The molecule has 1 saturated carbocycles. The highest BCUT2D eigenvalue weighted by molar-refractivity contribution is 5.92. The van der Waals surface area contributed by atoms with E-state index in [1.807, 2.05) is 0 Å². The number of aromatic amines is 1. The molecule has 1 aliphatic carbocycles. The van der Waals surface area contributed by atoms with Crippen molar-refractivity contribution in [3.8, 4) is 11.3 Å². The summed E-state index contributed by atoms with van der Waals surface area (Å²) in [7, 11) is 0. The highest BCUT2D eigenvalue weighted by Crippen LogP contribution is 2.48. The lowest BCUT2D eigenvalue weighted by Gasteiger charge is -2.36. The number of hydrogen-bond donors (Lipinski definition) is 3. The summed E-state index contributed by atoms with van der Waals surface area (Å²) in [6.07, 6.45) is 3.75. The largest absolute Gasteiger partial charge is 0.371 e. The Hall–Kier alpha value is -3.23. The molecular formula is C24H21F3N4O. The van der Waals surface area contributed by atoms with Crippen molar-refractivity contribution in [2.75, 3.05) is 6.54 Å². The summed E-state index contributed by atoms with van der Waals surface area (Å²) in [6.45, 7) is 0.562. The lowest BCUT2D eigenvalue weighted by atomic mass is 9.70. The van der Waals surface area contributed by atoms with Gasteiger partial charge in [-0.25, -0.2) is 23.1 Å². The highest BCUT2D eigenvalue weighted by Gasteiger charge is 2.35. The van der Waals surface area contributed by atoms with Gasteiger partial charge in [0.25, 0.3) is 0 Å². The molecule has 1 unspecified atom stereocenters. The summed E-state index contributed by atoms with van der Waals surface area (Å²) in [6, 6.07) is 9.84. The third-order valence-corrected chi connectivity index (χ3v) is 6.07. The third kappa shape index (κ3) is 3.87. The smallest absolute Gasteiger partial charge is 0.172 e. The molecule has 0 bridgehead atoms. The fourth-order valence-electron chi connectivity index (χ4n) is 4.47. The molecular weight excluding hydrogens is 417 g/mol. The molecule has 0 amide bonds. The molecule has 32 heavy (non-hydrogen) atoms. The second-order valence-electron chi connectivity index (χ2n) is 8.18.